The number of benzene rings is 3. The molecule has 0 heterocycles. The summed E-state index contributed by atoms with van der Waals surface area (Å²) in [5.41, 5.74) is 1.34. The minimum Gasteiger partial charge on any atom is -0.497 e. The van der Waals surface area contributed by atoms with Gasteiger partial charge in [0.25, 0.3) is 15.9 Å². The largest absolute Gasteiger partial charge is 0.497 e. The van der Waals surface area contributed by atoms with E-state index in [0.717, 1.165) is 6.07 Å². The van der Waals surface area contributed by atoms with Crippen molar-refractivity contribution in [3.05, 3.63) is 89.2 Å². The second kappa shape index (κ2) is 10.8. The first-order valence-corrected chi connectivity index (χ1v) is 11.6. The number of esters is 1. The molecule has 1 amide bonds. The van der Waals surface area contributed by atoms with Crippen molar-refractivity contribution in [2.45, 2.75) is 18.4 Å². The van der Waals surface area contributed by atoms with Crippen LogP contribution in [0, 0.1) is 12.7 Å². The van der Waals surface area contributed by atoms with Crippen molar-refractivity contribution in [3.8, 4) is 5.75 Å². The van der Waals surface area contributed by atoms with E-state index >= 15 is 0 Å². The molecule has 0 spiro atoms. The van der Waals surface area contributed by atoms with Crippen molar-refractivity contribution in [2.75, 3.05) is 18.4 Å². The number of carbonyl (C=O) groups is 2. The quantitative estimate of drug-likeness (QED) is 0.449. The van der Waals surface area contributed by atoms with Crippen LogP contribution in [-0.4, -0.2) is 34.0 Å². The lowest BCUT2D eigenvalue weighted by molar-refractivity contribution is -0.124. The van der Waals surface area contributed by atoms with Crippen LogP contribution in [0.1, 0.15) is 21.5 Å². The summed E-state index contributed by atoms with van der Waals surface area (Å²) in [6.45, 7) is 1.12. The fourth-order valence-corrected chi connectivity index (χ4v) is 3.98. The van der Waals surface area contributed by atoms with Gasteiger partial charge in [-0.25, -0.2) is 17.6 Å². The fourth-order valence-electron chi connectivity index (χ4n) is 2.88. The molecule has 0 unspecified atom stereocenters. The third-order valence-electron chi connectivity index (χ3n) is 4.78. The molecular weight excluding hydrogens is 463 g/mol. The Morgan fingerprint density at radius 2 is 1.74 bits per heavy atom. The number of methoxy groups -OCH3 is 1. The molecule has 3 aromatic rings. The van der Waals surface area contributed by atoms with E-state index in [1.54, 1.807) is 31.2 Å². The lowest BCUT2D eigenvalue weighted by Crippen LogP contribution is -2.28. The predicted molar refractivity (Wildman–Crippen MR) is 124 cm³/mol. The predicted octanol–water partition coefficient (Wildman–Crippen LogP) is 3.42. The van der Waals surface area contributed by atoms with Crippen molar-refractivity contribution >= 4 is 27.6 Å². The molecular formula is C24H23FN2O6S. The molecule has 3 aromatic carbocycles. The monoisotopic (exact) mass is 486 g/mol. The Balaban J connectivity index is 1.57. The first kappa shape index (κ1) is 24.7. The average molecular weight is 487 g/mol. The van der Waals surface area contributed by atoms with Gasteiger partial charge in [0.15, 0.2) is 6.61 Å². The molecule has 2 N–H and O–H groups in total. The van der Waals surface area contributed by atoms with Gasteiger partial charge >= 0.3 is 5.97 Å². The van der Waals surface area contributed by atoms with Crippen LogP contribution in [0.2, 0.25) is 0 Å². The Morgan fingerprint density at radius 3 is 2.41 bits per heavy atom. The number of hydrogen-bond donors (Lipinski definition) is 2. The van der Waals surface area contributed by atoms with Gasteiger partial charge in [-0.2, -0.15) is 0 Å². The molecule has 0 bridgehead atoms. The number of aryl methyl sites for hydroxylation is 1. The molecule has 0 aromatic heterocycles. The Kier molecular flexibility index (Phi) is 7.85. The molecule has 0 radical (unpaired) electrons. The molecule has 0 aliphatic carbocycles. The average Bonchev–Trinajstić information content (AvgIpc) is 2.83. The lowest BCUT2D eigenvalue weighted by atomic mass is 10.1. The summed E-state index contributed by atoms with van der Waals surface area (Å²) in [6, 6.07) is 16.1. The number of anilines is 1. The second-order valence-corrected chi connectivity index (χ2v) is 8.98. The summed E-state index contributed by atoms with van der Waals surface area (Å²) in [5, 5.41) is 2.53. The van der Waals surface area contributed by atoms with Crippen LogP contribution < -0.4 is 14.8 Å². The summed E-state index contributed by atoms with van der Waals surface area (Å²) in [6.07, 6.45) is 0. The maximum Gasteiger partial charge on any atom is 0.338 e. The van der Waals surface area contributed by atoms with Crippen molar-refractivity contribution in [3.63, 3.8) is 0 Å². The van der Waals surface area contributed by atoms with Gasteiger partial charge in [0, 0.05) is 12.2 Å². The number of sulfonamides is 1. The van der Waals surface area contributed by atoms with Gasteiger partial charge in [-0.3, -0.25) is 9.52 Å². The topological polar surface area (TPSA) is 111 Å². The molecule has 0 aliphatic rings. The second-order valence-electron chi connectivity index (χ2n) is 7.30. The number of rotatable bonds is 9. The summed E-state index contributed by atoms with van der Waals surface area (Å²) < 4.78 is 51.4. The summed E-state index contributed by atoms with van der Waals surface area (Å²) >= 11 is 0. The SMILES string of the molecule is COc1ccc(NS(=O)(=O)c2cccc(C(=O)OCC(=O)NCc3ccc(C)c(F)c3)c2)cc1. The highest BCUT2D eigenvalue weighted by molar-refractivity contribution is 7.92. The molecule has 0 saturated carbocycles. The molecule has 3 rings (SSSR count). The Hall–Kier alpha value is -3.92. The minimum absolute atomic E-state index is 0.0361. The van der Waals surface area contributed by atoms with Crippen LogP contribution in [0.5, 0.6) is 5.75 Å². The van der Waals surface area contributed by atoms with Crippen LogP contribution in [0.4, 0.5) is 10.1 Å². The van der Waals surface area contributed by atoms with Gasteiger partial charge in [-0.05, 0) is 66.6 Å². The van der Waals surface area contributed by atoms with Gasteiger partial charge < -0.3 is 14.8 Å². The third-order valence-corrected chi connectivity index (χ3v) is 6.16. The smallest absolute Gasteiger partial charge is 0.338 e. The Labute approximate surface area is 196 Å². The van der Waals surface area contributed by atoms with E-state index in [1.807, 2.05) is 0 Å². The maximum absolute atomic E-state index is 13.6. The number of amides is 1. The molecule has 0 saturated heterocycles. The highest BCUT2D eigenvalue weighted by Gasteiger charge is 2.18. The zero-order chi connectivity index (χ0) is 24.7. The van der Waals surface area contributed by atoms with E-state index in [2.05, 4.69) is 10.0 Å². The number of carbonyl (C=O) groups excluding carboxylic acids is 2. The van der Waals surface area contributed by atoms with Crippen LogP contribution >= 0.6 is 0 Å². The molecule has 0 aliphatic heterocycles. The van der Waals surface area contributed by atoms with Crippen molar-refractivity contribution in [1.29, 1.82) is 0 Å². The van der Waals surface area contributed by atoms with Crippen LogP contribution in [0.3, 0.4) is 0 Å². The van der Waals surface area contributed by atoms with Crippen molar-refractivity contribution < 1.29 is 31.9 Å². The van der Waals surface area contributed by atoms with E-state index in [-0.39, 0.29) is 22.8 Å². The minimum atomic E-state index is -3.97. The highest BCUT2D eigenvalue weighted by atomic mass is 32.2. The first-order valence-electron chi connectivity index (χ1n) is 10.1. The third kappa shape index (κ3) is 6.55. The van der Waals surface area contributed by atoms with Gasteiger partial charge in [0.05, 0.1) is 17.6 Å². The fraction of sp³-hybridized carbons (Fsp3) is 0.167. The lowest BCUT2D eigenvalue weighted by Gasteiger charge is -2.10. The van der Waals surface area contributed by atoms with Gasteiger partial charge in [-0.1, -0.05) is 18.2 Å². The Morgan fingerprint density at radius 1 is 1.00 bits per heavy atom. The molecule has 8 nitrogen and oxygen atoms in total. The highest BCUT2D eigenvalue weighted by Crippen LogP contribution is 2.20. The summed E-state index contributed by atoms with van der Waals surface area (Å²) in [4.78, 5) is 24.2. The van der Waals surface area contributed by atoms with Crippen LogP contribution in [-0.2, 0) is 26.1 Å². The summed E-state index contributed by atoms with van der Waals surface area (Å²) in [7, 11) is -2.48. The van der Waals surface area contributed by atoms with E-state index in [4.69, 9.17) is 9.47 Å². The number of nitrogens with one attached hydrogen (secondary N) is 2. The normalized spacial score (nSPS) is 10.9. The first-order chi connectivity index (χ1) is 16.2. The standard InChI is InChI=1S/C24H23FN2O6S/c1-16-6-7-17(12-22(16)25)14-26-23(28)15-33-24(29)18-4-3-5-21(13-18)34(30,31)27-19-8-10-20(32-2)11-9-19/h3-13,27H,14-15H2,1-2H3,(H,26,28). The van der Waals surface area contributed by atoms with Crippen molar-refractivity contribution in [1.82, 2.24) is 5.32 Å². The van der Waals surface area contributed by atoms with Gasteiger partial charge in [0.1, 0.15) is 11.6 Å². The van der Waals surface area contributed by atoms with Crippen LogP contribution in [0.25, 0.3) is 0 Å². The molecule has 178 valence electrons. The van der Waals surface area contributed by atoms with E-state index in [1.165, 1.54) is 43.5 Å². The Bertz CT molecular complexity index is 1290. The van der Waals surface area contributed by atoms with Crippen LogP contribution in [0.15, 0.2) is 71.6 Å². The maximum atomic E-state index is 13.6. The van der Waals surface area contributed by atoms with E-state index in [9.17, 15) is 22.4 Å². The zero-order valence-electron chi connectivity index (χ0n) is 18.5. The molecule has 10 heteroatoms. The summed E-state index contributed by atoms with van der Waals surface area (Å²) in [5.74, 6) is -1.26. The van der Waals surface area contributed by atoms with Gasteiger partial charge in [-0.15, -0.1) is 0 Å². The van der Waals surface area contributed by atoms with Crippen molar-refractivity contribution in [2.24, 2.45) is 0 Å². The van der Waals surface area contributed by atoms with Gasteiger partial charge in [0.2, 0.25) is 0 Å². The molecule has 34 heavy (non-hydrogen) atoms. The van der Waals surface area contributed by atoms with E-state index < -0.39 is 28.5 Å². The molecule has 0 atom stereocenters. The molecule has 0 fully saturated rings. The zero-order valence-corrected chi connectivity index (χ0v) is 19.3. The number of hydrogen-bond acceptors (Lipinski definition) is 6. The number of ether oxygens (including phenoxy) is 2. The number of halogens is 1. The van der Waals surface area contributed by atoms with E-state index in [0.29, 0.717) is 22.6 Å².